The van der Waals surface area contributed by atoms with E-state index in [1.54, 1.807) is 32.1 Å². The highest BCUT2D eigenvalue weighted by atomic mass is 16.5. The minimum absolute atomic E-state index is 0.0778. The van der Waals surface area contributed by atoms with E-state index < -0.39 is 0 Å². The molecule has 0 amide bonds. The van der Waals surface area contributed by atoms with Gasteiger partial charge in [-0.1, -0.05) is 35.9 Å². The van der Waals surface area contributed by atoms with Crippen LogP contribution in [-0.2, 0) is 9.47 Å². The third-order valence-electron chi connectivity index (χ3n) is 7.44. The van der Waals surface area contributed by atoms with E-state index in [0.29, 0.717) is 24.1 Å². The van der Waals surface area contributed by atoms with Crippen LogP contribution in [0, 0.1) is 5.92 Å². The highest BCUT2D eigenvalue weighted by Crippen LogP contribution is 2.32. The number of para-hydroxylation sites is 1. The molecule has 0 radical (unpaired) electrons. The number of allylic oxidation sites excluding steroid dienone is 3. The molecule has 1 fully saturated rings. The normalized spacial score (nSPS) is 22.2. The van der Waals surface area contributed by atoms with Crippen LogP contribution in [0.15, 0.2) is 78.8 Å². The number of carbonyl (C=O) groups is 1. The van der Waals surface area contributed by atoms with Gasteiger partial charge in [0.05, 0.1) is 13.2 Å². The predicted molar refractivity (Wildman–Crippen MR) is 140 cm³/mol. The van der Waals surface area contributed by atoms with Gasteiger partial charge in [0.25, 0.3) is 0 Å². The Bertz CT molecular complexity index is 1200. The van der Waals surface area contributed by atoms with E-state index in [0.717, 1.165) is 67.2 Å². The molecule has 1 aromatic heterocycles. The number of hydrogen-bond acceptors (Lipinski definition) is 6. The fourth-order valence-corrected chi connectivity index (χ4v) is 5.51. The molecule has 3 aliphatic rings. The molecule has 6 heteroatoms. The molecule has 5 rings (SSSR count). The van der Waals surface area contributed by atoms with Gasteiger partial charge in [-0.2, -0.15) is 0 Å². The number of nitrogens with one attached hydrogen (secondary N) is 1. The lowest BCUT2D eigenvalue weighted by Gasteiger charge is -2.33. The van der Waals surface area contributed by atoms with Crippen molar-refractivity contribution >= 4 is 16.7 Å². The number of aromatic nitrogens is 1. The van der Waals surface area contributed by atoms with Crippen LogP contribution >= 0.6 is 0 Å². The molecule has 1 N–H and O–H groups in total. The van der Waals surface area contributed by atoms with E-state index in [1.807, 2.05) is 24.3 Å². The largest absolute Gasteiger partial charge is 0.494 e. The molecular weight excluding hydrogens is 452 g/mol. The summed E-state index contributed by atoms with van der Waals surface area (Å²) in [5, 5.41) is 4.70. The van der Waals surface area contributed by atoms with Crippen LogP contribution < -0.4 is 10.1 Å². The minimum atomic E-state index is 0.0778. The predicted octanol–water partition coefficient (Wildman–Crippen LogP) is 6.36. The van der Waals surface area contributed by atoms with E-state index in [1.165, 1.54) is 5.57 Å². The fourth-order valence-electron chi connectivity index (χ4n) is 5.51. The maximum Gasteiger partial charge on any atom is 0.163 e. The molecule has 6 nitrogen and oxygen atoms in total. The van der Waals surface area contributed by atoms with Crippen molar-refractivity contribution in [1.82, 2.24) is 10.3 Å². The lowest BCUT2D eigenvalue weighted by molar-refractivity contribution is 0.0946. The first-order valence-electron chi connectivity index (χ1n) is 12.9. The van der Waals surface area contributed by atoms with Crippen molar-refractivity contribution < 1.29 is 19.0 Å². The summed E-state index contributed by atoms with van der Waals surface area (Å²) in [4.78, 5) is 17.7. The van der Waals surface area contributed by atoms with E-state index in [2.05, 4.69) is 28.5 Å². The Balaban J connectivity index is 1.19. The second kappa shape index (κ2) is 11.6. The average Bonchev–Trinajstić information content (AvgIpc) is 2.94. The summed E-state index contributed by atoms with van der Waals surface area (Å²) in [5.74, 6) is 2.10. The number of nitrogens with zero attached hydrogens (tertiary/aromatic N) is 1. The molecule has 36 heavy (non-hydrogen) atoms. The Morgan fingerprint density at radius 1 is 1.19 bits per heavy atom. The zero-order valence-corrected chi connectivity index (χ0v) is 20.8. The van der Waals surface area contributed by atoms with Gasteiger partial charge in [0.1, 0.15) is 30.1 Å². The third-order valence-corrected chi connectivity index (χ3v) is 7.44. The summed E-state index contributed by atoms with van der Waals surface area (Å²) in [6.07, 6.45) is 20.9. The number of ether oxygens (including phenoxy) is 3. The van der Waals surface area contributed by atoms with Crippen molar-refractivity contribution in [1.29, 1.82) is 0 Å². The van der Waals surface area contributed by atoms with Gasteiger partial charge in [0, 0.05) is 29.6 Å². The third kappa shape index (κ3) is 5.71. The molecule has 0 bridgehead atoms. The zero-order valence-electron chi connectivity index (χ0n) is 20.8. The van der Waals surface area contributed by atoms with Crippen LogP contribution in [0.3, 0.4) is 0 Å². The van der Waals surface area contributed by atoms with Gasteiger partial charge in [-0.25, -0.2) is 0 Å². The molecule has 188 valence electrons. The molecule has 0 saturated heterocycles. The van der Waals surface area contributed by atoms with E-state index >= 15 is 0 Å². The smallest absolute Gasteiger partial charge is 0.163 e. The minimum Gasteiger partial charge on any atom is -0.494 e. The maximum absolute atomic E-state index is 13.3. The van der Waals surface area contributed by atoms with Crippen LogP contribution in [0.1, 0.15) is 61.7 Å². The molecule has 0 spiro atoms. The van der Waals surface area contributed by atoms with E-state index in [-0.39, 0.29) is 11.8 Å². The second-order valence-electron chi connectivity index (χ2n) is 9.82. The Kier molecular flexibility index (Phi) is 7.82. The van der Waals surface area contributed by atoms with Gasteiger partial charge in [-0.15, -0.1) is 0 Å². The summed E-state index contributed by atoms with van der Waals surface area (Å²) >= 11 is 0. The van der Waals surface area contributed by atoms with Crippen molar-refractivity contribution in [3.8, 4) is 5.75 Å². The number of Topliss-reactive ketones (excluding diaryl/α,β-unsaturated/α-hetero) is 1. The van der Waals surface area contributed by atoms with Crippen molar-refractivity contribution in [2.24, 2.45) is 5.92 Å². The van der Waals surface area contributed by atoms with Gasteiger partial charge in [0.15, 0.2) is 11.5 Å². The SMILES string of the molecule is COc1cccc2c(C(=O)CC3CCC(NC(CC4=CC=CCC4)C4=COC=CO4)CC3)ccnc12. The molecule has 2 heterocycles. The Labute approximate surface area is 212 Å². The molecule has 2 aromatic rings. The van der Waals surface area contributed by atoms with Gasteiger partial charge in [-0.05, 0) is 63.0 Å². The van der Waals surface area contributed by atoms with Gasteiger partial charge < -0.3 is 19.5 Å². The van der Waals surface area contributed by atoms with Crippen LogP contribution in [0.2, 0.25) is 0 Å². The monoisotopic (exact) mass is 486 g/mol. The maximum atomic E-state index is 13.3. The first kappa shape index (κ1) is 24.3. The molecule has 1 aromatic carbocycles. The number of methoxy groups -OCH3 is 1. The summed E-state index contributed by atoms with van der Waals surface area (Å²) in [5.41, 5.74) is 2.91. The topological polar surface area (TPSA) is 69.7 Å². The van der Waals surface area contributed by atoms with Crippen molar-refractivity contribution in [3.63, 3.8) is 0 Å². The highest BCUT2D eigenvalue weighted by Gasteiger charge is 2.28. The van der Waals surface area contributed by atoms with Crippen LogP contribution in [0.4, 0.5) is 0 Å². The number of fused-ring (bicyclic) bond motifs is 1. The van der Waals surface area contributed by atoms with Crippen LogP contribution in [-0.4, -0.2) is 30.0 Å². The number of hydrogen-bond donors (Lipinski definition) is 1. The standard InChI is InChI=1S/C30H34N2O4/c1-34-28-9-5-8-25-24(14-15-31-30(25)28)27(33)19-22-10-12-23(13-11-22)32-26(29-20-35-16-17-36-29)18-21-6-3-2-4-7-21/h2-3,5-6,8-9,14-17,20,22-23,26,32H,4,7,10-13,18-19H2,1H3. The Hall–Kier alpha value is -3.38. The molecule has 1 saturated carbocycles. The number of pyridine rings is 1. The molecule has 2 aliphatic carbocycles. The van der Waals surface area contributed by atoms with Crippen molar-refractivity contribution in [3.05, 3.63) is 84.4 Å². The van der Waals surface area contributed by atoms with E-state index in [4.69, 9.17) is 14.2 Å². The Morgan fingerprint density at radius 2 is 2.08 bits per heavy atom. The molecule has 1 aliphatic heterocycles. The quantitative estimate of drug-likeness (QED) is 0.416. The summed E-state index contributed by atoms with van der Waals surface area (Å²) < 4.78 is 16.6. The van der Waals surface area contributed by atoms with Gasteiger partial charge in [-0.3, -0.25) is 9.78 Å². The van der Waals surface area contributed by atoms with Crippen molar-refractivity contribution in [2.75, 3.05) is 7.11 Å². The summed E-state index contributed by atoms with van der Waals surface area (Å²) in [7, 11) is 1.63. The first-order valence-corrected chi connectivity index (χ1v) is 12.9. The fraction of sp³-hybridized carbons (Fsp3) is 0.400. The highest BCUT2D eigenvalue weighted by molar-refractivity contribution is 6.08. The average molecular weight is 487 g/mol. The van der Waals surface area contributed by atoms with E-state index in [9.17, 15) is 4.79 Å². The Morgan fingerprint density at radius 3 is 2.83 bits per heavy atom. The number of benzene rings is 1. The van der Waals surface area contributed by atoms with Crippen LogP contribution in [0.25, 0.3) is 10.9 Å². The molecular formula is C30H34N2O4. The van der Waals surface area contributed by atoms with Gasteiger partial charge in [0.2, 0.25) is 0 Å². The lowest BCUT2D eigenvalue weighted by Crippen LogP contribution is -2.42. The number of ketones is 1. The van der Waals surface area contributed by atoms with Crippen LogP contribution in [0.5, 0.6) is 5.75 Å². The lowest BCUT2D eigenvalue weighted by atomic mass is 9.81. The molecule has 1 atom stereocenters. The number of rotatable bonds is 9. The zero-order chi connectivity index (χ0) is 24.7. The summed E-state index contributed by atoms with van der Waals surface area (Å²) in [6, 6.07) is 8.06. The second-order valence-corrected chi connectivity index (χ2v) is 9.82. The molecule has 1 unspecified atom stereocenters. The number of carbonyl (C=O) groups excluding carboxylic acids is 1. The first-order chi connectivity index (χ1) is 17.7. The summed E-state index contributed by atoms with van der Waals surface area (Å²) in [6.45, 7) is 0. The van der Waals surface area contributed by atoms with Crippen molar-refractivity contribution in [2.45, 2.75) is 63.5 Å². The van der Waals surface area contributed by atoms with Gasteiger partial charge >= 0.3 is 0 Å².